The molecule has 3 aromatic rings. The fourth-order valence-corrected chi connectivity index (χ4v) is 3.82. The van der Waals surface area contributed by atoms with Crippen molar-refractivity contribution in [3.63, 3.8) is 0 Å². The molecular weight excluding hydrogens is 380 g/mol. The van der Waals surface area contributed by atoms with E-state index in [1.54, 1.807) is 19.1 Å². The maximum atomic E-state index is 12.6. The molecule has 7 nitrogen and oxygen atoms in total. The standard InChI is InChI=1S/C23H26N4O3/c1-16-18(25-20(28)15-27-13-5-6-14-27)9-10-19-21(16)22(29)30-23(26-19)24-12-11-17-7-3-2-4-8-17/h2-4,7-10H,5-6,11-15H2,1H3,(H,24,26)(H,25,28). The molecule has 2 aromatic carbocycles. The fraction of sp³-hybridized carbons (Fsp3) is 0.348. The molecule has 7 heteroatoms. The highest BCUT2D eigenvalue weighted by Crippen LogP contribution is 2.23. The second-order valence-corrected chi connectivity index (χ2v) is 7.63. The van der Waals surface area contributed by atoms with E-state index in [0.29, 0.717) is 35.2 Å². The summed E-state index contributed by atoms with van der Waals surface area (Å²) in [5.74, 6) is -0.0732. The Kier molecular flexibility index (Phi) is 6.09. The van der Waals surface area contributed by atoms with Gasteiger partial charge in [0, 0.05) is 12.2 Å². The summed E-state index contributed by atoms with van der Waals surface area (Å²) in [7, 11) is 0. The molecule has 0 bridgehead atoms. The van der Waals surface area contributed by atoms with E-state index >= 15 is 0 Å². The van der Waals surface area contributed by atoms with Crippen LogP contribution in [0.4, 0.5) is 11.7 Å². The van der Waals surface area contributed by atoms with E-state index in [1.165, 1.54) is 5.56 Å². The topological polar surface area (TPSA) is 87.5 Å². The van der Waals surface area contributed by atoms with Crippen LogP contribution in [-0.2, 0) is 11.2 Å². The first-order chi connectivity index (χ1) is 14.6. The summed E-state index contributed by atoms with van der Waals surface area (Å²) in [5, 5.41) is 6.39. The molecule has 1 aromatic heterocycles. The average molecular weight is 406 g/mol. The van der Waals surface area contributed by atoms with E-state index < -0.39 is 5.63 Å². The third-order valence-electron chi connectivity index (χ3n) is 5.43. The summed E-state index contributed by atoms with van der Waals surface area (Å²) >= 11 is 0. The van der Waals surface area contributed by atoms with E-state index in [9.17, 15) is 9.59 Å². The third-order valence-corrected chi connectivity index (χ3v) is 5.43. The first-order valence-corrected chi connectivity index (χ1v) is 10.3. The Labute approximate surface area is 175 Å². The van der Waals surface area contributed by atoms with Gasteiger partial charge in [-0.05, 0) is 62.5 Å². The highest BCUT2D eigenvalue weighted by atomic mass is 16.4. The number of benzene rings is 2. The van der Waals surface area contributed by atoms with Crippen LogP contribution in [0.25, 0.3) is 10.9 Å². The fourth-order valence-electron chi connectivity index (χ4n) is 3.82. The molecule has 1 amide bonds. The number of hydrogen-bond acceptors (Lipinski definition) is 6. The summed E-state index contributed by atoms with van der Waals surface area (Å²) < 4.78 is 5.38. The van der Waals surface area contributed by atoms with Gasteiger partial charge in [0.25, 0.3) is 6.01 Å². The molecule has 4 rings (SSSR count). The molecule has 1 saturated heterocycles. The van der Waals surface area contributed by atoms with Crippen LogP contribution in [0.5, 0.6) is 0 Å². The zero-order valence-electron chi connectivity index (χ0n) is 17.1. The molecule has 0 atom stereocenters. The largest absolute Gasteiger partial charge is 0.389 e. The number of amides is 1. The van der Waals surface area contributed by atoms with Crippen molar-refractivity contribution >= 4 is 28.5 Å². The molecule has 0 unspecified atom stereocenters. The predicted molar refractivity (Wildman–Crippen MR) is 118 cm³/mol. The lowest BCUT2D eigenvalue weighted by Crippen LogP contribution is -2.31. The van der Waals surface area contributed by atoms with Gasteiger partial charge < -0.3 is 15.1 Å². The van der Waals surface area contributed by atoms with Crippen molar-refractivity contribution in [2.24, 2.45) is 0 Å². The van der Waals surface area contributed by atoms with Gasteiger partial charge >= 0.3 is 5.63 Å². The number of carbonyl (C=O) groups is 1. The Hall–Kier alpha value is -3.19. The normalized spacial score (nSPS) is 14.2. The zero-order chi connectivity index (χ0) is 20.9. The minimum atomic E-state index is -0.463. The Bertz CT molecular complexity index is 1090. The van der Waals surface area contributed by atoms with Crippen molar-refractivity contribution in [1.29, 1.82) is 0 Å². The maximum Gasteiger partial charge on any atom is 0.348 e. The van der Waals surface area contributed by atoms with Gasteiger partial charge in [0.15, 0.2) is 0 Å². The van der Waals surface area contributed by atoms with Crippen LogP contribution in [0.1, 0.15) is 24.0 Å². The highest BCUT2D eigenvalue weighted by Gasteiger charge is 2.17. The second-order valence-electron chi connectivity index (χ2n) is 7.63. The van der Waals surface area contributed by atoms with E-state index in [2.05, 4.69) is 32.7 Å². The third kappa shape index (κ3) is 4.68. The summed E-state index contributed by atoms with van der Waals surface area (Å²) in [5.41, 5.74) is 2.56. The number of rotatable bonds is 7. The SMILES string of the molecule is Cc1c(NC(=O)CN2CCCC2)ccc2nc(NCCc3ccccc3)oc(=O)c12. The zero-order valence-corrected chi connectivity index (χ0v) is 17.1. The van der Waals surface area contributed by atoms with E-state index in [1.807, 2.05) is 18.2 Å². The van der Waals surface area contributed by atoms with Gasteiger partial charge in [-0.1, -0.05) is 30.3 Å². The molecular formula is C23H26N4O3. The number of hydrogen-bond donors (Lipinski definition) is 2. The number of aryl methyl sites for hydroxylation is 1. The quantitative estimate of drug-likeness (QED) is 0.627. The summed E-state index contributed by atoms with van der Waals surface area (Å²) in [6.45, 7) is 4.69. The van der Waals surface area contributed by atoms with Crippen molar-refractivity contribution < 1.29 is 9.21 Å². The van der Waals surface area contributed by atoms with Crippen molar-refractivity contribution in [3.05, 3.63) is 64.0 Å². The first kappa shape index (κ1) is 20.1. The van der Waals surface area contributed by atoms with E-state index in [4.69, 9.17) is 4.42 Å². The Morgan fingerprint density at radius 2 is 1.90 bits per heavy atom. The van der Waals surface area contributed by atoms with Gasteiger partial charge in [-0.3, -0.25) is 9.69 Å². The lowest BCUT2D eigenvalue weighted by Gasteiger charge is -2.15. The van der Waals surface area contributed by atoms with Crippen LogP contribution in [0.2, 0.25) is 0 Å². The molecule has 1 fully saturated rings. The van der Waals surface area contributed by atoms with Crippen LogP contribution < -0.4 is 16.3 Å². The summed E-state index contributed by atoms with van der Waals surface area (Å²) in [4.78, 5) is 31.5. The molecule has 30 heavy (non-hydrogen) atoms. The minimum Gasteiger partial charge on any atom is -0.389 e. The number of anilines is 2. The maximum absolute atomic E-state index is 12.6. The van der Waals surface area contributed by atoms with Gasteiger partial charge in [0.2, 0.25) is 5.91 Å². The smallest absolute Gasteiger partial charge is 0.348 e. The summed E-state index contributed by atoms with van der Waals surface area (Å²) in [6.07, 6.45) is 3.07. The molecule has 0 spiro atoms. The minimum absolute atomic E-state index is 0.0732. The molecule has 0 saturated carbocycles. The van der Waals surface area contributed by atoms with Crippen LogP contribution in [0, 0.1) is 6.92 Å². The number of aromatic nitrogens is 1. The lowest BCUT2D eigenvalue weighted by atomic mass is 10.1. The molecule has 1 aliphatic rings. The Balaban J connectivity index is 1.46. The van der Waals surface area contributed by atoms with Crippen LogP contribution in [-0.4, -0.2) is 42.0 Å². The molecule has 156 valence electrons. The second kappa shape index (κ2) is 9.09. The van der Waals surface area contributed by atoms with Gasteiger partial charge in [-0.25, -0.2) is 4.79 Å². The van der Waals surface area contributed by atoms with Crippen molar-refractivity contribution in [2.45, 2.75) is 26.2 Å². The lowest BCUT2D eigenvalue weighted by molar-refractivity contribution is -0.117. The predicted octanol–water partition coefficient (Wildman–Crippen LogP) is 3.19. The molecule has 0 aliphatic carbocycles. The monoisotopic (exact) mass is 406 g/mol. The molecule has 2 heterocycles. The van der Waals surface area contributed by atoms with Crippen molar-refractivity contribution in [1.82, 2.24) is 9.88 Å². The van der Waals surface area contributed by atoms with Crippen LogP contribution in [0.15, 0.2) is 51.7 Å². The van der Waals surface area contributed by atoms with Gasteiger partial charge in [0.05, 0.1) is 17.4 Å². The molecule has 1 aliphatic heterocycles. The molecule has 0 radical (unpaired) electrons. The number of carbonyl (C=O) groups excluding carboxylic acids is 1. The number of likely N-dealkylation sites (tertiary alicyclic amines) is 1. The number of nitrogens with zero attached hydrogens (tertiary/aromatic N) is 2. The van der Waals surface area contributed by atoms with E-state index in [-0.39, 0.29) is 11.9 Å². The van der Waals surface area contributed by atoms with Crippen molar-refractivity contribution in [3.8, 4) is 0 Å². The average Bonchev–Trinajstić information content (AvgIpc) is 3.23. The van der Waals surface area contributed by atoms with Gasteiger partial charge in [-0.2, -0.15) is 4.98 Å². The van der Waals surface area contributed by atoms with E-state index in [0.717, 1.165) is 32.4 Å². The van der Waals surface area contributed by atoms with Crippen molar-refractivity contribution in [2.75, 3.05) is 36.8 Å². The number of fused-ring (bicyclic) bond motifs is 1. The Morgan fingerprint density at radius 3 is 2.67 bits per heavy atom. The van der Waals surface area contributed by atoms with Crippen LogP contribution in [0.3, 0.4) is 0 Å². The summed E-state index contributed by atoms with van der Waals surface area (Å²) in [6, 6.07) is 13.8. The Morgan fingerprint density at radius 1 is 1.13 bits per heavy atom. The molecule has 2 N–H and O–H groups in total. The number of nitrogens with one attached hydrogen (secondary N) is 2. The first-order valence-electron chi connectivity index (χ1n) is 10.3. The highest BCUT2D eigenvalue weighted by molar-refractivity contribution is 5.96. The van der Waals surface area contributed by atoms with Gasteiger partial charge in [0.1, 0.15) is 0 Å². The van der Waals surface area contributed by atoms with Crippen LogP contribution >= 0.6 is 0 Å². The van der Waals surface area contributed by atoms with Gasteiger partial charge in [-0.15, -0.1) is 0 Å².